The quantitative estimate of drug-likeness (QED) is 0.527. The third-order valence-electron chi connectivity index (χ3n) is 3.51. The zero-order chi connectivity index (χ0) is 13.4. The highest BCUT2D eigenvalue weighted by Crippen LogP contribution is 2.20. The molecule has 3 aromatic carbocycles. The lowest BCUT2D eigenvalue weighted by Gasteiger charge is -2.01. The second-order valence-corrected chi connectivity index (χ2v) is 4.93. The van der Waals surface area contributed by atoms with Crippen LogP contribution in [0, 0.1) is 0 Å². The Morgan fingerprint density at radius 3 is 2.50 bits per heavy atom. The van der Waals surface area contributed by atoms with Crippen LogP contribution in [0.15, 0.2) is 71.1 Å². The normalized spacial score (nSPS) is 11.2. The van der Waals surface area contributed by atoms with E-state index in [1.807, 2.05) is 24.3 Å². The van der Waals surface area contributed by atoms with Crippen LogP contribution < -0.4 is 0 Å². The van der Waals surface area contributed by atoms with Gasteiger partial charge in [0.1, 0.15) is 5.52 Å². The lowest BCUT2D eigenvalue weighted by atomic mass is 10.1. The van der Waals surface area contributed by atoms with Gasteiger partial charge in [-0.15, -0.1) is 0 Å². The number of para-hydroxylation sites is 2. The van der Waals surface area contributed by atoms with Crippen molar-refractivity contribution in [3.63, 3.8) is 0 Å². The van der Waals surface area contributed by atoms with Crippen LogP contribution in [0.2, 0.25) is 0 Å². The first kappa shape index (κ1) is 11.2. The van der Waals surface area contributed by atoms with Gasteiger partial charge in [-0.2, -0.15) is 0 Å². The van der Waals surface area contributed by atoms with Crippen molar-refractivity contribution in [3.05, 3.63) is 78.2 Å². The Morgan fingerprint density at radius 2 is 1.60 bits per heavy atom. The molecule has 0 unspecified atom stereocenters. The van der Waals surface area contributed by atoms with Gasteiger partial charge in [-0.3, -0.25) is 0 Å². The Kier molecular flexibility index (Phi) is 2.52. The average molecular weight is 259 g/mol. The molecule has 0 aliphatic heterocycles. The zero-order valence-corrected chi connectivity index (χ0v) is 10.9. The summed E-state index contributed by atoms with van der Waals surface area (Å²) in [5.41, 5.74) is 2.99. The molecule has 0 bridgehead atoms. The van der Waals surface area contributed by atoms with E-state index >= 15 is 0 Å². The van der Waals surface area contributed by atoms with Crippen LogP contribution in [-0.4, -0.2) is 4.98 Å². The molecule has 20 heavy (non-hydrogen) atoms. The molecule has 4 aromatic rings. The van der Waals surface area contributed by atoms with Crippen LogP contribution in [0.4, 0.5) is 0 Å². The van der Waals surface area contributed by atoms with Gasteiger partial charge in [0.15, 0.2) is 11.5 Å². The summed E-state index contributed by atoms with van der Waals surface area (Å²) in [7, 11) is 0. The van der Waals surface area contributed by atoms with Crippen LogP contribution in [0.1, 0.15) is 11.5 Å². The van der Waals surface area contributed by atoms with E-state index in [1.54, 1.807) is 0 Å². The zero-order valence-electron chi connectivity index (χ0n) is 10.9. The Hall–Kier alpha value is -2.61. The van der Waals surface area contributed by atoms with Crippen LogP contribution in [0.25, 0.3) is 21.9 Å². The van der Waals surface area contributed by atoms with Crippen molar-refractivity contribution in [3.8, 4) is 0 Å². The van der Waals surface area contributed by atoms with Gasteiger partial charge in [-0.1, -0.05) is 54.6 Å². The molecular weight excluding hydrogens is 246 g/mol. The minimum atomic E-state index is 0.722. The molecule has 0 amide bonds. The number of oxazole rings is 1. The largest absolute Gasteiger partial charge is 0.440 e. The van der Waals surface area contributed by atoms with Gasteiger partial charge in [0.2, 0.25) is 0 Å². The van der Waals surface area contributed by atoms with E-state index in [2.05, 4.69) is 47.4 Å². The molecule has 1 aromatic heterocycles. The predicted octanol–water partition coefficient (Wildman–Crippen LogP) is 4.57. The topological polar surface area (TPSA) is 26.0 Å². The van der Waals surface area contributed by atoms with Crippen molar-refractivity contribution in [2.24, 2.45) is 0 Å². The van der Waals surface area contributed by atoms with E-state index in [1.165, 1.54) is 16.3 Å². The Bertz CT molecular complexity index is 859. The number of hydrogen-bond donors (Lipinski definition) is 0. The summed E-state index contributed by atoms with van der Waals surface area (Å²) in [6.07, 6.45) is 0.722. The smallest absolute Gasteiger partial charge is 0.199 e. The fourth-order valence-corrected chi connectivity index (χ4v) is 2.52. The molecule has 0 radical (unpaired) electrons. The van der Waals surface area contributed by atoms with E-state index in [0.29, 0.717) is 0 Å². The summed E-state index contributed by atoms with van der Waals surface area (Å²) in [4.78, 5) is 4.52. The highest BCUT2D eigenvalue weighted by atomic mass is 16.3. The highest BCUT2D eigenvalue weighted by Gasteiger charge is 2.06. The Balaban J connectivity index is 1.72. The fourth-order valence-electron chi connectivity index (χ4n) is 2.52. The number of benzene rings is 3. The van der Waals surface area contributed by atoms with Gasteiger partial charge in [0, 0.05) is 6.42 Å². The first-order valence-electron chi connectivity index (χ1n) is 6.71. The molecule has 0 saturated carbocycles. The fraction of sp³-hybridized carbons (Fsp3) is 0.0556. The molecule has 0 aliphatic rings. The van der Waals surface area contributed by atoms with E-state index in [4.69, 9.17) is 4.42 Å². The second-order valence-electron chi connectivity index (χ2n) is 4.93. The summed E-state index contributed by atoms with van der Waals surface area (Å²) in [6.45, 7) is 0. The van der Waals surface area contributed by atoms with Gasteiger partial charge in [-0.05, 0) is 28.5 Å². The molecule has 0 saturated heterocycles. The maximum Gasteiger partial charge on any atom is 0.199 e. The number of aromatic nitrogens is 1. The van der Waals surface area contributed by atoms with E-state index in [0.717, 1.165) is 23.4 Å². The molecule has 0 N–H and O–H groups in total. The molecular formula is C18H13NO. The molecule has 96 valence electrons. The monoisotopic (exact) mass is 259 g/mol. The minimum Gasteiger partial charge on any atom is -0.440 e. The van der Waals surface area contributed by atoms with Gasteiger partial charge >= 0.3 is 0 Å². The summed E-state index contributed by atoms with van der Waals surface area (Å²) >= 11 is 0. The van der Waals surface area contributed by atoms with Crippen molar-refractivity contribution >= 4 is 21.9 Å². The van der Waals surface area contributed by atoms with Crippen LogP contribution in [0.3, 0.4) is 0 Å². The maximum absolute atomic E-state index is 5.77. The third-order valence-corrected chi connectivity index (χ3v) is 3.51. The second kappa shape index (κ2) is 4.49. The number of rotatable bonds is 2. The molecule has 0 spiro atoms. The summed E-state index contributed by atoms with van der Waals surface area (Å²) < 4.78 is 5.77. The Morgan fingerprint density at radius 1 is 0.800 bits per heavy atom. The van der Waals surface area contributed by atoms with Crippen molar-refractivity contribution in [2.45, 2.75) is 6.42 Å². The number of nitrogens with zero attached hydrogens (tertiary/aromatic N) is 1. The van der Waals surface area contributed by atoms with Crippen LogP contribution >= 0.6 is 0 Å². The average Bonchev–Trinajstić information content (AvgIpc) is 2.89. The highest BCUT2D eigenvalue weighted by molar-refractivity contribution is 5.83. The molecule has 0 aliphatic carbocycles. The first-order valence-corrected chi connectivity index (χ1v) is 6.71. The number of hydrogen-bond acceptors (Lipinski definition) is 2. The van der Waals surface area contributed by atoms with Crippen molar-refractivity contribution in [1.82, 2.24) is 4.98 Å². The molecule has 0 fully saturated rings. The SMILES string of the molecule is c1ccc2cc(Cc3nc4ccccc4o3)ccc2c1. The van der Waals surface area contributed by atoms with E-state index < -0.39 is 0 Å². The molecule has 1 heterocycles. The minimum absolute atomic E-state index is 0.722. The van der Waals surface area contributed by atoms with E-state index in [-0.39, 0.29) is 0 Å². The molecule has 4 rings (SSSR count). The predicted molar refractivity (Wildman–Crippen MR) is 80.8 cm³/mol. The summed E-state index contributed by atoms with van der Waals surface area (Å²) in [5.74, 6) is 0.765. The van der Waals surface area contributed by atoms with E-state index in [9.17, 15) is 0 Å². The van der Waals surface area contributed by atoms with Crippen molar-refractivity contribution in [1.29, 1.82) is 0 Å². The molecule has 2 nitrogen and oxygen atoms in total. The maximum atomic E-state index is 5.77. The third kappa shape index (κ3) is 1.95. The lowest BCUT2D eigenvalue weighted by Crippen LogP contribution is -1.88. The Labute approximate surface area is 116 Å². The van der Waals surface area contributed by atoms with Gasteiger partial charge in [0.05, 0.1) is 0 Å². The summed E-state index contributed by atoms with van der Waals surface area (Å²) in [5, 5.41) is 2.51. The van der Waals surface area contributed by atoms with Crippen LogP contribution in [-0.2, 0) is 6.42 Å². The first-order chi connectivity index (χ1) is 9.88. The van der Waals surface area contributed by atoms with Crippen molar-refractivity contribution in [2.75, 3.05) is 0 Å². The standard InChI is InChI=1S/C18H13NO/c1-2-6-15-11-13(9-10-14(15)5-1)12-18-19-16-7-3-4-8-17(16)20-18/h1-11H,12H2. The van der Waals surface area contributed by atoms with Gasteiger partial charge in [-0.25, -0.2) is 4.98 Å². The summed E-state index contributed by atoms with van der Waals surface area (Å²) in [6, 6.07) is 22.7. The van der Waals surface area contributed by atoms with Crippen molar-refractivity contribution < 1.29 is 4.42 Å². The van der Waals surface area contributed by atoms with Gasteiger partial charge in [0.25, 0.3) is 0 Å². The lowest BCUT2D eigenvalue weighted by molar-refractivity contribution is 0.544. The van der Waals surface area contributed by atoms with Crippen LogP contribution in [0.5, 0.6) is 0 Å². The number of fused-ring (bicyclic) bond motifs is 2. The van der Waals surface area contributed by atoms with Gasteiger partial charge < -0.3 is 4.42 Å². The molecule has 0 atom stereocenters. The molecule has 2 heteroatoms.